The van der Waals surface area contributed by atoms with Crippen molar-refractivity contribution in [3.05, 3.63) is 12.4 Å². The van der Waals surface area contributed by atoms with E-state index in [0.29, 0.717) is 0 Å². The minimum Gasteiger partial charge on any atom is -0.323 e. The van der Waals surface area contributed by atoms with Crippen molar-refractivity contribution in [3.8, 4) is 0 Å². The van der Waals surface area contributed by atoms with Crippen molar-refractivity contribution in [3.63, 3.8) is 0 Å². The van der Waals surface area contributed by atoms with Gasteiger partial charge in [-0.15, -0.1) is 0 Å². The SMILES string of the molecule is NC1(Cn2nccn2)CCCCC1. The molecular formula is C9H16N4. The van der Waals surface area contributed by atoms with E-state index in [0.717, 1.165) is 19.4 Å². The van der Waals surface area contributed by atoms with Gasteiger partial charge in [0.1, 0.15) is 0 Å². The molecule has 0 amide bonds. The largest absolute Gasteiger partial charge is 0.323 e. The summed E-state index contributed by atoms with van der Waals surface area (Å²) in [4.78, 5) is 1.70. The van der Waals surface area contributed by atoms with Gasteiger partial charge in [-0.2, -0.15) is 15.0 Å². The van der Waals surface area contributed by atoms with Crippen LogP contribution in [0.25, 0.3) is 0 Å². The number of nitrogens with zero attached hydrogens (tertiary/aromatic N) is 3. The maximum Gasteiger partial charge on any atom is 0.0786 e. The predicted octanol–water partition coefficient (Wildman–Crippen LogP) is 0.940. The number of hydrogen-bond donors (Lipinski definition) is 1. The topological polar surface area (TPSA) is 56.7 Å². The summed E-state index contributed by atoms with van der Waals surface area (Å²) in [5, 5.41) is 8.16. The van der Waals surface area contributed by atoms with Gasteiger partial charge in [0.25, 0.3) is 0 Å². The van der Waals surface area contributed by atoms with E-state index >= 15 is 0 Å². The molecule has 1 saturated carbocycles. The monoisotopic (exact) mass is 180 g/mol. The Bertz CT molecular complexity index is 249. The van der Waals surface area contributed by atoms with Gasteiger partial charge in [-0.1, -0.05) is 19.3 Å². The van der Waals surface area contributed by atoms with Crippen LogP contribution >= 0.6 is 0 Å². The standard InChI is InChI=1S/C9H16N4/c10-9(4-2-1-3-5-9)8-13-11-6-7-12-13/h6-7H,1-5,8,10H2. The fraction of sp³-hybridized carbons (Fsp3) is 0.778. The van der Waals surface area contributed by atoms with Crippen LogP contribution < -0.4 is 5.73 Å². The average Bonchev–Trinajstić information content (AvgIpc) is 2.57. The normalized spacial score (nSPS) is 21.6. The Morgan fingerprint density at radius 2 is 1.77 bits per heavy atom. The van der Waals surface area contributed by atoms with Crippen LogP contribution in [0.15, 0.2) is 12.4 Å². The van der Waals surface area contributed by atoms with Gasteiger partial charge >= 0.3 is 0 Å². The number of nitrogens with two attached hydrogens (primary N) is 1. The van der Waals surface area contributed by atoms with Crippen molar-refractivity contribution >= 4 is 0 Å². The first kappa shape index (κ1) is 8.69. The fourth-order valence-electron chi connectivity index (χ4n) is 2.02. The van der Waals surface area contributed by atoms with E-state index in [1.165, 1.54) is 19.3 Å². The first-order chi connectivity index (χ1) is 6.29. The smallest absolute Gasteiger partial charge is 0.0786 e. The Morgan fingerprint density at radius 1 is 1.15 bits per heavy atom. The second kappa shape index (κ2) is 3.46. The molecule has 1 aliphatic rings. The summed E-state index contributed by atoms with van der Waals surface area (Å²) < 4.78 is 0. The number of aromatic nitrogens is 3. The third kappa shape index (κ3) is 2.06. The van der Waals surface area contributed by atoms with Gasteiger partial charge in [-0.05, 0) is 12.8 Å². The van der Waals surface area contributed by atoms with Gasteiger partial charge in [0.15, 0.2) is 0 Å². The van der Waals surface area contributed by atoms with Gasteiger partial charge in [-0.3, -0.25) is 0 Å². The van der Waals surface area contributed by atoms with Gasteiger partial charge in [-0.25, -0.2) is 0 Å². The lowest BCUT2D eigenvalue weighted by atomic mass is 9.83. The van der Waals surface area contributed by atoms with Gasteiger partial charge in [0, 0.05) is 5.54 Å². The molecule has 0 unspecified atom stereocenters. The third-order valence-electron chi connectivity index (χ3n) is 2.77. The molecular weight excluding hydrogens is 164 g/mol. The highest BCUT2D eigenvalue weighted by Crippen LogP contribution is 2.26. The highest BCUT2D eigenvalue weighted by atomic mass is 15.5. The molecule has 0 spiro atoms. The summed E-state index contributed by atoms with van der Waals surface area (Å²) in [6, 6.07) is 0. The molecule has 72 valence electrons. The summed E-state index contributed by atoms with van der Waals surface area (Å²) in [5.41, 5.74) is 6.19. The van der Waals surface area contributed by atoms with Crippen LogP contribution in [0.1, 0.15) is 32.1 Å². The number of hydrogen-bond acceptors (Lipinski definition) is 3. The Balaban J connectivity index is 1.99. The van der Waals surface area contributed by atoms with Crippen LogP contribution in [0.3, 0.4) is 0 Å². The second-order valence-electron chi connectivity index (χ2n) is 3.98. The lowest BCUT2D eigenvalue weighted by Crippen LogP contribution is -2.46. The highest BCUT2D eigenvalue weighted by Gasteiger charge is 2.28. The van der Waals surface area contributed by atoms with E-state index < -0.39 is 0 Å². The lowest BCUT2D eigenvalue weighted by molar-refractivity contribution is 0.240. The number of rotatable bonds is 2. The molecule has 4 nitrogen and oxygen atoms in total. The van der Waals surface area contributed by atoms with Crippen molar-refractivity contribution in [2.75, 3.05) is 0 Å². The highest BCUT2D eigenvalue weighted by molar-refractivity contribution is 4.86. The van der Waals surface area contributed by atoms with Crippen molar-refractivity contribution in [1.29, 1.82) is 0 Å². The molecule has 13 heavy (non-hydrogen) atoms. The predicted molar refractivity (Wildman–Crippen MR) is 50.0 cm³/mol. The first-order valence-electron chi connectivity index (χ1n) is 4.92. The first-order valence-corrected chi connectivity index (χ1v) is 4.92. The molecule has 0 saturated heterocycles. The average molecular weight is 180 g/mol. The van der Waals surface area contributed by atoms with Crippen molar-refractivity contribution in [2.24, 2.45) is 5.73 Å². The summed E-state index contributed by atoms with van der Waals surface area (Å²) in [6.45, 7) is 0.764. The molecule has 0 aliphatic heterocycles. The Labute approximate surface area is 78.1 Å². The minimum atomic E-state index is -0.0583. The van der Waals surface area contributed by atoms with Gasteiger partial charge in [0.2, 0.25) is 0 Å². The molecule has 4 heteroatoms. The van der Waals surface area contributed by atoms with E-state index in [1.807, 2.05) is 0 Å². The second-order valence-corrected chi connectivity index (χ2v) is 3.98. The van der Waals surface area contributed by atoms with Crippen molar-refractivity contribution < 1.29 is 0 Å². The molecule has 2 rings (SSSR count). The van der Waals surface area contributed by atoms with E-state index in [4.69, 9.17) is 5.73 Å². The molecule has 0 radical (unpaired) electrons. The van der Waals surface area contributed by atoms with Crippen LogP contribution in [0.5, 0.6) is 0 Å². The van der Waals surface area contributed by atoms with E-state index in [1.54, 1.807) is 17.2 Å². The molecule has 0 atom stereocenters. The zero-order chi connectivity index (χ0) is 9.15. The molecule has 1 fully saturated rings. The maximum absolute atomic E-state index is 6.25. The van der Waals surface area contributed by atoms with Gasteiger partial charge in [0.05, 0.1) is 18.9 Å². The van der Waals surface area contributed by atoms with E-state index in [2.05, 4.69) is 10.2 Å². The molecule has 0 bridgehead atoms. The fourth-order valence-corrected chi connectivity index (χ4v) is 2.02. The van der Waals surface area contributed by atoms with Crippen molar-refractivity contribution in [1.82, 2.24) is 15.0 Å². The molecule has 1 aromatic rings. The van der Waals surface area contributed by atoms with Crippen LogP contribution in [0.4, 0.5) is 0 Å². The Kier molecular flexibility index (Phi) is 2.31. The molecule has 1 aliphatic carbocycles. The minimum absolute atomic E-state index is 0.0583. The molecule has 0 aromatic carbocycles. The van der Waals surface area contributed by atoms with Crippen LogP contribution in [0, 0.1) is 0 Å². The third-order valence-corrected chi connectivity index (χ3v) is 2.77. The van der Waals surface area contributed by atoms with Crippen LogP contribution in [0.2, 0.25) is 0 Å². The zero-order valence-corrected chi connectivity index (χ0v) is 7.82. The summed E-state index contributed by atoms with van der Waals surface area (Å²) in [6.07, 6.45) is 9.43. The Morgan fingerprint density at radius 3 is 2.38 bits per heavy atom. The maximum atomic E-state index is 6.25. The zero-order valence-electron chi connectivity index (χ0n) is 7.82. The van der Waals surface area contributed by atoms with Crippen molar-refractivity contribution in [2.45, 2.75) is 44.2 Å². The van der Waals surface area contributed by atoms with Gasteiger partial charge < -0.3 is 5.73 Å². The summed E-state index contributed by atoms with van der Waals surface area (Å²) >= 11 is 0. The summed E-state index contributed by atoms with van der Waals surface area (Å²) in [5.74, 6) is 0. The van der Waals surface area contributed by atoms with Crippen LogP contribution in [-0.2, 0) is 6.54 Å². The quantitative estimate of drug-likeness (QED) is 0.737. The summed E-state index contributed by atoms with van der Waals surface area (Å²) in [7, 11) is 0. The molecule has 2 N–H and O–H groups in total. The lowest BCUT2D eigenvalue weighted by Gasteiger charge is -2.32. The van der Waals surface area contributed by atoms with E-state index in [-0.39, 0.29) is 5.54 Å². The van der Waals surface area contributed by atoms with Crippen LogP contribution in [-0.4, -0.2) is 20.5 Å². The Hall–Kier alpha value is -0.900. The van der Waals surface area contributed by atoms with E-state index in [9.17, 15) is 0 Å². The molecule has 1 heterocycles. The molecule has 1 aromatic heterocycles.